The molecule has 2 aromatic rings. The van der Waals surface area contributed by atoms with Crippen LogP contribution in [0, 0.1) is 0 Å². The average Bonchev–Trinajstić information content (AvgIpc) is 2.97. The van der Waals surface area contributed by atoms with Crippen LogP contribution < -0.4 is 5.32 Å². The summed E-state index contributed by atoms with van der Waals surface area (Å²) in [5, 5.41) is 3.90. The Morgan fingerprint density at radius 1 is 1.19 bits per heavy atom. The third kappa shape index (κ3) is 3.33. The summed E-state index contributed by atoms with van der Waals surface area (Å²) >= 11 is 5.22. The van der Waals surface area contributed by atoms with Crippen molar-refractivity contribution in [3.8, 4) is 0 Å². The van der Waals surface area contributed by atoms with Gasteiger partial charge in [-0.05, 0) is 22.8 Å². The predicted octanol–water partition coefficient (Wildman–Crippen LogP) is 4.09. The van der Waals surface area contributed by atoms with Gasteiger partial charge in [-0.2, -0.15) is 0 Å². The molecule has 1 atom stereocenters. The second kappa shape index (κ2) is 6.67. The standard InChI is InChI=1S/C17H16BrNOS/c18-9-12-4-3-5-13(8-12)10-19-17(20)15-11-21-16-7-2-1-6-14(15)16/h1-8,15H,9-11H2,(H,19,20). The minimum atomic E-state index is -0.0226. The second-order valence-electron chi connectivity index (χ2n) is 5.07. The Morgan fingerprint density at radius 2 is 2.00 bits per heavy atom. The first-order chi connectivity index (χ1) is 10.3. The molecule has 1 amide bonds. The molecule has 0 radical (unpaired) electrons. The fourth-order valence-corrected chi connectivity index (χ4v) is 4.09. The van der Waals surface area contributed by atoms with Crippen molar-refractivity contribution in [2.45, 2.75) is 22.7 Å². The molecule has 2 nitrogen and oxygen atoms in total. The van der Waals surface area contributed by atoms with Gasteiger partial charge in [-0.15, -0.1) is 11.8 Å². The lowest BCUT2D eigenvalue weighted by atomic mass is 10.0. The molecule has 1 heterocycles. The van der Waals surface area contributed by atoms with Crippen molar-refractivity contribution in [3.05, 3.63) is 65.2 Å². The van der Waals surface area contributed by atoms with Gasteiger partial charge in [0.1, 0.15) is 0 Å². The van der Waals surface area contributed by atoms with Crippen LogP contribution in [0.25, 0.3) is 0 Å². The molecule has 0 fully saturated rings. The van der Waals surface area contributed by atoms with Crippen molar-refractivity contribution in [2.24, 2.45) is 0 Å². The first kappa shape index (κ1) is 14.7. The lowest BCUT2D eigenvalue weighted by Gasteiger charge is -2.12. The van der Waals surface area contributed by atoms with Gasteiger partial charge in [0, 0.05) is 22.5 Å². The molecule has 0 saturated carbocycles. The van der Waals surface area contributed by atoms with E-state index in [0.717, 1.165) is 22.2 Å². The molecule has 2 aromatic carbocycles. The van der Waals surface area contributed by atoms with Crippen LogP contribution in [0.2, 0.25) is 0 Å². The van der Waals surface area contributed by atoms with Gasteiger partial charge in [0.2, 0.25) is 5.91 Å². The van der Waals surface area contributed by atoms with E-state index in [9.17, 15) is 4.79 Å². The number of carbonyl (C=O) groups is 1. The summed E-state index contributed by atoms with van der Waals surface area (Å²) in [7, 11) is 0. The number of amides is 1. The number of benzene rings is 2. The van der Waals surface area contributed by atoms with Gasteiger partial charge in [-0.25, -0.2) is 0 Å². The minimum absolute atomic E-state index is 0.0226. The zero-order valence-corrected chi connectivity index (χ0v) is 13.9. The van der Waals surface area contributed by atoms with E-state index >= 15 is 0 Å². The Hall–Kier alpha value is -1.26. The molecule has 0 aromatic heterocycles. The normalized spacial score (nSPS) is 16.5. The Bertz CT molecular complexity index is 659. The van der Waals surface area contributed by atoms with Gasteiger partial charge in [0.05, 0.1) is 5.92 Å². The molecule has 1 aliphatic rings. The maximum atomic E-state index is 12.4. The molecule has 1 aliphatic heterocycles. The van der Waals surface area contributed by atoms with Gasteiger partial charge >= 0.3 is 0 Å². The van der Waals surface area contributed by atoms with Crippen LogP contribution in [0.4, 0.5) is 0 Å². The molecule has 0 bridgehead atoms. The Balaban J connectivity index is 1.65. The smallest absolute Gasteiger partial charge is 0.228 e. The molecule has 4 heteroatoms. The molecular weight excluding hydrogens is 346 g/mol. The summed E-state index contributed by atoms with van der Waals surface area (Å²) in [6.07, 6.45) is 0. The lowest BCUT2D eigenvalue weighted by molar-refractivity contribution is -0.122. The van der Waals surface area contributed by atoms with Gasteiger partial charge < -0.3 is 5.32 Å². The number of alkyl halides is 1. The summed E-state index contributed by atoms with van der Waals surface area (Å²) < 4.78 is 0. The fraction of sp³-hybridized carbons (Fsp3) is 0.235. The third-order valence-electron chi connectivity index (χ3n) is 3.63. The van der Waals surface area contributed by atoms with Crippen molar-refractivity contribution in [1.82, 2.24) is 5.32 Å². The van der Waals surface area contributed by atoms with E-state index in [-0.39, 0.29) is 11.8 Å². The highest BCUT2D eigenvalue weighted by molar-refractivity contribution is 9.08. The Kier molecular flexibility index (Phi) is 4.66. The number of thioether (sulfide) groups is 1. The summed E-state index contributed by atoms with van der Waals surface area (Å²) in [6.45, 7) is 0.586. The Labute approximate surface area is 137 Å². The molecule has 21 heavy (non-hydrogen) atoms. The maximum absolute atomic E-state index is 12.4. The second-order valence-corrected chi connectivity index (χ2v) is 6.70. The summed E-state index contributed by atoms with van der Waals surface area (Å²) in [5.74, 6) is 0.939. The number of rotatable bonds is 4. The van der Waals surface area contributed by atoms with E-state index in [2.05, 4.69) is 45.5 Å². The number of halogens is 1. The van der Waals surface area contributed by atoms with Crippen LogP contribution >= 0.6 is 27.7 Å². The van der Waals surface area contributed by atoms with Crippen molar-refractivity contribution >= 4 is 33.6 Å². The van der Waals surface area contributed by atoms with Crippen molar-refractivity contribution in [3.63, 3.8) is 0 Å². The van der Waals surface area contributed by atoms with E-state index in [0.29, 0.717) is 6.54 Å². The highest BCUT2D eigenvalue weighted by atomic mass is 79.9. The van der Waals surface area contributed by atoms with Crippen LogP contribution in [0.15, 0.2) is 53.4 Å². The fourth-order valence-electron chi connectivity index (χ4n) is 2.51. The largest absolute Gasteiger partial charge is 0.351 e. The molecule has 0 aliphatic carbocycles. The molecule has 3 rings (SSSR count). The molecular formula is C17H16BrNOS. The number of hydrogen-bond donors (Lipinski definition) is 1. The quantitative estimate of drug-likeness (QED) is 0.831. The van der Waals surface area contributed by atoms with Crippen molar-refractivity contribution < 1.29 is 4.79 Å². The Morgan fingerprint density at radius 3 is 2.86 bits per heavy atom. The number of carbonyl (C=O) groups excluding carboxylic acids is 1. The van der Waals surface area contributed by atoms with Gasteiger partial charge in [0.25, 0.3) is 0 Å². The van der Waals surface area contributed by atoms with E-state index < -0.39 is 0 Å². The van der Waals surface area contributed by atoms with E-state index in [1.165, 1.54) is 10.5 Å². The first-order valence-corrected chi connectivity index (χ1v) is 9.02. The molecule has 1 unspecified atom stereocenters. The van der Waals surface area contributed by atoms with Crippen LogP contribution in [0.1, 0.15) is 22.6 Å². The summed E-state index contributed by atoms with van der Waals surface area (Å²) in [5.41, 5.74) is 3.52. The van der Waals surface area contributed by atoms with Gasteiger partial charge in [-0.3, -0.25) is 4.79 Å². The molecule has 108 valence electrons. The topological polar surface area (TPSA) is 29.1 Å². The van der Waals surface area contributed by atoms with Crippen LogP contribution in [-0.4, -0.2) is 11.7 Å². The van der Waals surface area contributed by atoms with Crippen LogP contribution in [0.3, 0.4) is 0 Å². The zero-order chi connectivity index (χ0) is 14.7. The SMILES string of the molecule is O=C(NCc1cccc(CBr)c1)C1CSc2ccccc21. The minimum Gasteiger partial charge on any atom is -0.351 e. The van der Waals surface area contributed by atoms with E-state index in [1.54, 1.807) is 11.8 Å². The third-order valence-corrected chi connectivity index (χ3v) is 5.46. The average molecular weight is 362 g/mol. The maximum Gasteiger partial charge on any atom is 0.228 e. The van der Waals surface area contributed by atoms with Gasteiger partial charge in [0.15, 0.2) is 0 Å². The van der Waals surface area contributed by atoms with E-state index in [4.69, 9.17) is 0 Å². The number of hydrogen-bond acceptors (Lipinski definition) is 2. The monoisotopic (exact) mass is 361 g/mol. The van der Waals surface area contributed by atoms with Crippen LogP contribution in [-0.2, 0) is 16.7 Å². The first-order valence-electron chi connectivity index (χ1n) is 6.91. The van der Waals surface area contributed by atoms with Crippen LogP contribution in [0.5, 0.6) is 0 Å². The predicted molar refractivity (Wildman–Crippen MR) is 90.8 cm³/mol. The van der Waals surface area contributed by atoms with Gasteiger partial charge in [-0.1, -0.05) is 58.4 Å². The molecule has 1 N–H and O–H groups in total. The number of nitrogens with one attached hydrogen (secondary N) is 1. The molecule has 0 spiro atoms. The highest BCUT2D eigenvalue weighted by Gasteiger charge is 2.28. The van der Waals surface area contributed by atoms with Crippen molar-refractivity contribution in [2.75, 3.05) is 5.75 Å². The highest BCUT2D eigenvalue weighted by Crippen LogP contribution is 2.39. The summed E-state index contributed by atoms with van der Waals surface area (Å²) in [4.78, 5) is 13.6. The van der Waals surface area contributed by atoms with E-state index in [1.807, 2.05) is 24.3 Å². The lowest BCUT2D eigenvalue weighted by Crippen LogP contribution is -2.29. The van der Waals surface area contributed by atoms with Crippen molar-refractivity contribution in [1.29, 1.82) is 0 Å². The molecule has 0 saturated heterocycles. The zero-order valence-electron chi connectivity index (χ0n) is 11.5. The summed E-state index contributed by atoms with van der Waals surface area (Å²) in [6, 6.07) is 16.4. The number of fused-ring (bicyclic) bond motifs is 1.